The van der Waals surface area contributed by atoms with Crippen LogP contribution in [0.3, 0.4) is 0 Å². The maximum absolute atomic E-state index is 12.6. The average molecular weight is 334 g/mol. The number of carbonyl (C=O) groups excluding carboxylic acids is 2. The van der Waals surface area contributed by atoms with Crippen LogP contribution in [0.2, 0.25) is 0 Å². The number of hydrogen-bond donors (Lipinski definition) is 0. The van der Waals surface area contributed by atoms with E-state index in [-0.39, 0.29) is 0 Å². The Kier molecular flexibility index (Phi) is 9.13. The Morgan fingerprint density at radius 1 is 0.833 bits per heavy atom. The molecule has 1 rings (SSSR count). The molecule has 0 saturated heterocycles. The maximum Gasteiger partial charge on any atom is 0.339 e. The van der Waals surface area contributed by atoms with Gasteiger partial charge in [0.25, 0.3) is 0 Å². The summed E-state index contributed by atoms with van der Waals surface area (Å²) in [6, 6.07) is 3.61. The molecule has 0 spiro atoms. The van der Waals surface area contributed by atoms with Crippen molar-refractivity contribution in [2.75, 3.05) is 13.2 Å². The van der Waals surface area contributed by atoms with Gasteiger partial charge in [-0.05, 0) is 42.9 Å². The molecular formula is C20H30O4. The summed E-state index contributed by atoms with van der Waals surface area (Å²) < 4.78 is 10.7. The zero-order valence-corrected chi connectivity index (χ0v) is 15.4. The van der Waals surface area contributed by atoms with Crippen molar-refractivity contribution in [3.05, 3.63) is 34.4 Å². The highest BCUT2D eigenvalue weighted by molar-refractivity contribution is 6.04. The Balaban J connectivity index is 3.17. The Labute approximate surface area is 145 Å². The molecule has 0 unspecified atom stereocenters. The molecule has 0 aliphatic heterocycles. The Bertz CT molecular complexity index is 549. The van der Waals surface area contributed by atoms with Crippen LogP contribution in [0, 0.1) is 0 Å². The van der Waals surface area contributed by atoms with Gasteiger partial charge in [0.1, 0.15) is 0 Å². The molecule has 0 amide bonds. The van der Waals surface area contributed by atoms with Crippen molar-refractivity contribution < 1.29 is 19.1 Å². The molecule has 0 aliphatic rings. The SMILES string of the molecule is CCCCOC(=O)c1ccc(CC)c(CC)c1C(=O)OCCCC. The molecule has 0 N–H and O–H groups in total. The summed E-state index contributed by atoms with van der Waals surface area (Å²) in [6.45, 7) is 8.86. The van der Waals surface area contributed by atoms with Crippen LogP contribution in [-0.2, 0) is 22.3 Å². The lowest BCUT2D eigenvalue weighted by Crippen LogP contribution is -2.18. The molecule has 0 bridgehead atoms. The smallest absolute Gasteiger partial charge is 0.339 e. The maximum atomic E-state index is 12.6. The topological polar surface area (TPSA) is 52.6 Å². The largest absolute Gasteiger partial charge is 0.462 e. The second-order valence-electron chi connectivity index (χ2n) is 5.81. The monoisotopic (exact) mass is 334 g/mol. The highest BCUT2D eigenvalue weighted by Gasteiger charge is 2.24. The van der Waals surface area contributed by atoms with Crippen LogP contribution in [0.5, 0.6) is 0 Å². The van der Waals surface area contributed by atoms with Crippen LogP contribution in [0.25, 0.3) is 0 Å². The fourth-order valence-corrected chi connectivity index (χ4v) is 2.60. The molecule has 0 radical (unpaired) electrons. The third-order valence-corrected chi connectivity index (χ3v) is 4.03. The van der Waals surface area contributed by atoms with Gasteiger partial charge in [0.15, 0.2) is 0 Å². The molecule has 24 heavy (non-hydrogen) atoms. The molecule has 1 aromatic carbocycles. The van der Waals surface area contributed by atoms with Gasteiger partial charge in [-0.3, -0.25) is 0 Å². The first-order valence-electron chi connectivity index (χ1n) is 9.09. The van der Waals surface area contributed by atoms with Crippen LogP contribution in [0.1, 0.15) is 85.2 Å². The summed E-state index contributed by atoms with van der Waals surface area (Å²) in [5.41, 5.74) is 2.67. The Morgan fingerprint density at radius 3 is 1.92 bits per heavy atom. The van der Waals surface area contributed by atoms with Crippen LogP contribution in [-0.4, -0.2) is 25.2 Å². The van der Waals surface area contributed by atoms with Gasteiger partial charge in [0.2, 0.25) is 0 Å². The van der Waals surface area contributed by atoms with Crippen LogP contribution in [0.4, 0.5) is 0 Å². The molecule has 0 fully saturated rings. The van der Waals surface area contributed by atoms with Crippen molar-refractivity contribution in [3.63, 3.8) is 0 Å². The summed E-state index contributed by atoms with van der Waals surface area (Å²) in [5.74, 6) is -0.860. The molecule has 4 nitrogen and oxygen atoms in total. The summed E-state index contributed by atoms with van der Waals surface area (Å²) in [4.78, 5) is 25.0. The number of unbranched alkanes of at least 4 members (excludes halogenated alkanes) is 2. The van der Waals surface area contributed by atoms with Crippen LogP contribution >= 0.6 is 0 Å². The van der Waals surface area contributed by atoms with Gasteiger partial charge in [-0.2, -0.15) is 0 Å². The standard InChI is InChI=1S/C20H30O4/c1-5-9-13-23-19(21)17-12-11-15(7-3)16(8-4)18(17)20(22)24-14-10-6-2/h11-12H,5-10,13-14H2,1-4H3. The minimum Gasteiger partial charge on any atom is -0.462 e. The number of rotatable bonds is 10. The first kappa shape index (κ1) is 20.2. The molecule has 1 aromatic rings. The minimum absolute atomic E-state index is 0.321. The van der Waals surface area contributed by atoms with E-state index in [1.54, 1.807) is 6.07 Å². The van der Waals surface area contributed by atoms with Gasteiger partial charge in [-0.15, -0.1) is 0 Å². The molecule has 0 atom stereocenters. The molecule has 134 valence electrons. The van der Waals surface area contributed by atoms with Crippen molar-refractivity contribution in [1.82, 2.24) is 0 Å². The van der Waals surface area contributed by atoms with Crippen molar-refractivity contribution in [2.45, 2.75) is 66.2 Å². The number of esters is 2. The van der Waals surface area contributed by atoms with Gasteiger partial charge in [0.05, 0.1) is 24.3 Å². The van der Waals surface area contributed by atoms with E-state index in [9.17, 15) is 9.59 Å². The zero-order valence-electron chi connectivity index (χ0n) is 15.4. The number of benzene rings is 1. The number of aryl methyl sites for hydroxylation is 1. The van der Waals surface area contributed by atoms with Crippen molar-refractivity contribution in [1.29, 1.82) is 0 Å². The van der Waals surface area contributed by atoms with E-state index in [0.29, 0.717) is 30.8 Å². The van der Waals surface area contributed by atoms with Crippen LogP contribution < -0.4 is 0 Å². The van der Waals surface area contributed by atoms with Gasteiger partial charge in [-0.25, -0.2) is 9.59 Å². The van der Waals surface area contributed by atoms with E-state index in [1.165, 1.54) is 0 Å². The average Bonchev–Trinajstić information content (AvgIpc) is 2.60. The lowest BCUT2D eigenvalue weighted by Gasteiger charge is -2.16. The van der Waals surface area contributed by atoms with Crippen molar-refractivity contribution >= 4 is 11.9 Å². The molecule has 0 heterocycles. The second kappa shape index (κ2) is 10.8. The normalized spacial score (nSPS) is 10.5. The predicted octanol–water partition coefficient (Wildman–Crippen LogP) is 4.73. The minimum atomic E-state index is -0.441. The quantitative estimate of drug-likeness (QED) is 0.459. The predicted molar refractivity (Wildman–Crippen MR) is 95.6 cm³/mol. The fourth-order valence-electron chi connectivity index (χ4n) is 2.60. The van der Waals surface area contributed by atoms with Crippen LogP contribution in [0.15, 0.2) is 12.1 Å². The summed E-state index contributed by atoms with van der Waals surface area (Å²) in [5, 5.41) is 0. The van der Waals surface area contributed by atoms with Gasteiger partial charge in [0, 0.05) is 0 Å². The second-order valence-corrected chi connectivity index (χ2v) is 5.81. The highest BCUT2D eigenvalue weighted by atomic mass is 16.5. The van der Waals surface area contributed by atoms with E-state index in [0.717, 1.165) is 43.2 Å². The molecule has 4 heteroatoms. The number of ether oxygens (including phenoxy) is 2. The zero-order chi connectivity index (χ0) is 17.9. The summed E-state index contributed by atoms with van der Waals surface area (Å²) in [7, 11) is 0. The van der Waals surface area contributed by atoms with Gasteiger partial charge in [-0.1, -0.05) is 46.6 Å². The Hall–Kier alpha value is -1.84. The van der Waals surface area contributed by atoms with Gasteiger partial charge < -0.3 is 9.47 Å². The molecule has 0 aliphatic carbocycles. The van der Waals surface area contributed by atoms with E-state index in [2.05, 4.69) is 0 Å². The highest BCUT2D eigenvalue weighted by Crippen LogP contribution is 2.23. The van der Waals surface area contributed by atoms with Crippen molar-refractivity contribution in [2.24, 2.45) is 0 Å². The van der Waals surface area contributed by atoms with Gasteiger partial charge >= 0.3 is 11.9 Å². The molecular weight excluding hydrogens is 304 g/mol. The van der Waals surface area contributed by atoms with Crippen molar-refractivity contribution in [3.8, 4) is 0 Å². The fraction of sp³-hybridized carbons (Fsp3) is 0.600. The molecule has 0 aromatic heterocycles. The summed E-state index contributed by atoms with van der Waals surface area (Å²) in [6.07, 6.45) is 5.02. The third-order valence-electron chi connectivity index (χ3n) is 4.03. The lowest BCUT2D eigenvalue weighted by molar-refractivity contribution is 0.0451. The van der Waals surface area contributed by atoms with E-state index in [4.69, 9.17) is 9.47 Å². The third kappa shape index (κ3) is 5.36. The number of carbonyl (C=O) groups is 2. The van der Waals surface area contributed by atoms with E-state index >= 15 is 0 Å². The first-order chi connectivity index (χ1) is 11.6. The first-order valence-corrected chi connectivity index (χ1v) is 9.09. The number of hydrogen-bond acceptors (Lipinski definition) is 4. The lowest BCUT2D eigenvalue weighted by atomic mass is 9.93. The Morgan fingerprint density at radius 2 is 1.42 bits per heavy atom. The molecule has 0 saturated carbocycles. The van der Waals surface area contributed by atoms with E-state index in [1.807, 2.05) is 33.8 Å². The summed E-state index contributed by atoms with van der Waals surface area (Å²) >= 11 is 0. The van der Waals surface area contributed by atoms with E-state index < -0.39 is 11.9 Å².